The van der Waals surface area contributed by atoms with Gasteiger partial charge in [-0.1, -0.05) is 34.1 Å². The number of hydrogen-bond donors (Lipinski definition) is 1. The van der Waals surface area contributed by atoms with Gasteiger partial charge in [0.1, 0.15) is 11.5 Å². The Morgan fingerprint density at radius 3 is 2.35 bits per heavy atom. The highest BCUT2D eigenvalue weighted by Gasteiger charge is 2.04. The molecule has 0 bridgehead atoms. The van der Waals surface area contributed by atoms with Crippen LogP contribution in [0.1, 0.15) is 11.1 Å². The standard InChI is InChI=1S/C16H18BrNO2/c1-19-15-8-5-13(16(9-15)20-2)11-18-10-12-3-6-14(17)7-4-12/h3-9,18H,10-11H2,1-2H3. The zero-order valence-corrected chi connectivity index (χ0v) is 13.2. The molecule has 20 heavy (non-hydrogen) atoms. The van der Waals surface area contributed by atoms with E-state index in [-0.39, 0.29) is 0 Å². The molecule has 0 amide bonds. The molecule has 0 aromatic heterocycles. The molecule has 0 radical (unpaired) electrons. The molecule has 4 heteroatoms. The van der Waals surface area contributed by atoms with E-state index in [4.69, 9.17) is 9.47 Å². The number of rotatable bonds is 6. The van der Waals surface area contributed by atoms with Crippen LogP contribution in [0.2, 0.25) is 0 Å². The summed E-state index contributed by atoms with van der Waals surface area (Å²) in [7, 11) is 3.33. The Balaban J connectivity index is 1.95. The van der Waals surface area contributed by atoms with E-state index >= 15 is 0 Å². The third-order valence-electron chi connectivity index (χ3n) is 3.05. The molecule has 1 N–H and O–H groups in total. The topological polar surface area (TPSA) is 30.5 Å². The van der Waals surface area contributed by atoms with Crippen molar-refractivity contribution in [2.24, 2.45) is 0 Å². The van der Waals surface area contributed by atoms with Crippen LogP contribution in [0.25, 0.3) is 0 Å². The number of hydrogen-bond acceptors (Lipinski definition) is 3. The van der Waals surface area contributed by atoms with Gasteiger partial charge in [-0.15, -0.1) is 0 Å². The van der Waals surface area contributed by atoms with Gasteiger partial charge in [0.2, 0.25) is 0 Å². The van der Waals surface area contributed by atoms with Crippen molar-refractivity contribution in [3.05, 3.63) is 58.1 Å². The second-order valence-corrected chi connectivity index (χ2v) is 5.32. The first-order valence-corrected chi connectivity index (χ1v) is 7.18. The molecule has 2 rings (SSSR count). The summed E-state index contributed by atoms with van der Waals surface area (Å²) >= 11 is 3.43. The summed E-state index contributed by atoms with van der Waals surface area (Å²) in [6.07, 6.45) is 0. The lowest BCUT2D eigenvalue weighted by Crippen LogP contribution is -2.13. The minimum Gasteiger partial charge on any atom is -0.497 e. The summed E-state index contributed by atoms with van der Waals surface area (Å²) in [5.74, 6) is 1.64. The first-order valence-electron chi connectivity index (χ1n) is 6.39. The molecule has 0 atom stereocenters. The highest BCUT2D eigenvalue weighted by Crippen LogP contribution is 2.24. The summed E-state index contributed by atoms with van der Waals surface area (Å²) < 4.78 is 11.7. The summed E-state index contributed by atoms with van der Waals surface area (Å²) in [6.45, 7) is 1.58. The second-order valence-electron chi connectivity index (χ2n) is 4.41. The molecule has 3 nitrogen and oxygen atoms in total. The van der Waals surface area contributed by atoms with E-state index in [0.717, 1.165) is 34.6 Å². The van der Waals surface area contributed by atoms with Crippen molar-refractivity contribution >= 4 is 15.9 Å². The molecule has 2 aromatic rings. The Bertz CT molecular complexity index is 555. The predicted octanol–water partition coefficient (Wildman–Crippen LogP) is 3.76. The molecule has 2 aromatic carbocycles. The average Bonchev–Trinajstić information content (AvgIpc) is 2.49. The van der Waals surface area contributed by atoms with Gasteiger partial charge in [-0.05, 0) is 23.8 Å². The molecule has 0 spiro atoms. The van der Waals surface area contributed by atoms with E-state index in [2.05, 4.69) is 33.4 Å². The third kappa shape index (κ3) is 3.99. The lowest BCUT2D eigenvalue weighted by molar-refractivity contribution is 0.390. The molecule has 0 heterocycles. The quantitative estimate of drug-likeness (QED) is 0.871. The summed E-state index contributed by atoms with van der Waals surface area (Å²) in [6, 6.07) is 14.2. The van der Waals surface area contributed by atoms with Crippen molar-refractivity contribution in [3.63, 3.8) is 0 Å². The molecule has 0 aliphatic rings. The van der Waals surface area contributed by atoms with Crippen molar-refractivity contribution in [1.29, 1.82) is 0 Å². The van der Waals surface area contributed by atoms with Crippen molar-refractivity contribution in [3.8, 4) is 11.5 Å². The van der Waals surface area contributed by atoms with Gasteiger partial charge in [0.15, 0.2) is 0 Å². The fourth-order valence-corrected chi connectivity index (χ4v) is 2.21. The van der Waals surface area contributed by atoms with E-state index in [9.17, 15) is 0 Å². The van der Waals surface area contributed by atoms with Gasteiger partial charge in [0, 0.05) is 29.2 Å². The molecule has 106 valence electrons. The van der Waals surface area contributed by atoms with Gasteiger partial charge in [0.05, 0.1) is 14.2 Å². The Morgan fingerprint density at radius 1 is 0.950 bits per heavy atom. The number of ether oxygens (including phenoxy) is 2. The number of halogens is 1. The lowest BCUT2D eigenvalue weighted by Gasteiger charge is -2.11. The van der Waals surface area contributed by atoms with Crippen LogP contribution in [0.5, 0.6) is 11.5 Å². The summed E-state index contributed by atoms with van der Waals surface area (Å²) in [5, 5.41) is 3.41. The minimum atomic E-state index is 0.753. The highest BCUT2D eigenvalue weighted by atomic mass is 79.9. The van der Waals surface area contributed by atoms with Crippen LogP contribution in [0.15, 0.2) is 46.9 Å². The molecule has 0 fully saturated rings. The molecule has 0 saturated heterocycles. The van der Waals surface area contributed by atoms with Crippen molar-refractivity contribution < 1.29 is 9.47 Å². The Hall–Kier alpha value is -1.52. The SMILES string of the molecule is COc1ccc(CNCc2ccc(Br)cc2)c(OC)c1. The maximum Gasteiger partial charge on any atom is 0.127 e. The van der Waals surface area contributed by atoms with Crippen LogP contribution in [-0.2, 0) is 13.1 Å². The molecular formula is C16H18BrNO2. The van der Waals surface area contributed by atoms with Crippen LogP contribution in [0.4, 0.5) is 0 Å². The zero-order chi connectivity index (χ0) is 14.4. The van der Waals surface area contributed by atoms with E-state index in [1.807, 2.05) is 30.3 Å². The Morgan fingerprint density at radius 2 is 1.70 bits per heavy atom. The number of nitrogens with one attached hydrogen (secondary N) is 1. The summed E-state index contributed by atoms with van der Waals surface area (Å²) in [4.78, 5) is 0. The van der Waals surface area contributed by atoms with Gasteiger partial charge in [-0.2, -0.15) is 0 Å². The molecule has 0 aliphatic heterocycles. The maximum atomic E-state index is 5.38. The number of benzene rings is 2. The number of methoxy groups -OCH3 is 2. The van der Waals surface area contributed by atoms with Gasteiger partial charge in [-0.3, -0.25) is 0 Å². The van der Waals surface area contributed by atoms with Crippen LogP contribution in [-0.4, -0.2) is 14.2 Å². The van der Waals surface area contributed by atoms with E-state index in [1.54, 1.807) is 14.2 Å². The molecule has 0 aliphatic carbocycles. The molecular weight excluding hydrogens is 318 g/mol. The Kier molecular flexibility index (Phi) is 5.44. The summed E-state index contributed by atoms with van der Waals surface area (Å²) in [5.41, 5.74) is 2.37. The highest BCUT2D eigenvalue weighted by molar-refractivity contribution is 9.10. The zero-order valence-electron chi connectivity index (χ0n) is 11.7. The first kappa shape index (κ1) is 14.9. The van der Waals surface area contributed by atoms with E-state index in [1.165, 1.54) is 5.56 Å². The monoisotopic (exact) mass is 335 g/mol. The first-order chi connectivity index (χ1) is 9.72. The Labute approximate surface area is 128 Å². The van der Waals surface area contributed by atoms with Gasteiger partial charge in [0.25, 0.3) is 0 Å². The van der Waals surface area contributed by atoms with Crippen molar-refractivity contribution in [2.45, 2.75) is 13.1 Å². The smallest absolute Gasteiger partial charge is 0.127 e. The van der Waals surface area contributed by atoms with E-state index < -0.39 is 0 Å². The average molecular weight is 336 g/mol. The maximum absolute atomic E-state index is 5.38. The predicted molar refractivity (Wildman–Crippen MR) is 84.2 cm³/mol. The lowest BCUT2D eigenvalue weighted by atomic mass is 10.1. The fraction of sp³-hybridized carbons (Fsp3) is 0.250. The van der Waals surface area contributed by atoms with Crippen molar-refractivity contribution in [1.82, 2.24) is 5.32 Å². The second kappa shape index (κ2) is 7.31. The van der Waals surface area contributed by atoms with Crippen LogP contribution in [0.3, 0.4) is 0 Å². The largest absolute Gasteiger partial charge is 0.497 e. The van der Waals surface area contributed by atoms with E-state index in [0.29, 0.717) is 0 Å². The molecule has 0 saturated carbocycles. The van der Waals surface area contributed by atoms with Gasteiger partial charge < -0.3 is 14.8 Å². The van der Waals surface area contributed by atoms with Crippen molar-refractivity contribution in [2.75, 3.05) is 14.2 Å². The third-order valence-corrected chi connectivity index (χ3v) is 3.58. The fourth-order valence-electron chi connectivity index (χ4n) is 1.94. The normalized spacial score (nSPS) is 10.3. The van der Waals surface area contributed by atoms with Crippen LogP contribution < -0.4 is 14.8 Å². The van der Waals surface area contributed by atoms with Gasteiger partial charge >= 0.3 is 0 Å². The molecule has 0 unspecified atom stereocenters. The van der Waals surface area contributed by atoms with Crippen LogP contribution in [0, 0.1) is 0 Å². The minimum absolute atomic E-state index is 0.753. The van der Waals surface area contributed by atoms with Crippen LogP contribution >= 0.6 is 15.9 Å². The van der Waals surface area contributed by atoms with Gasteiger partial charge in [-0.25, -0.2) is 0 Å².